The van der Waals surface area contributed by atoms with E-state index in [2.05, 4.69) is 295 Å². The van der Waals surface area contributed by atoms with Crippen LogP contribution in [0.25, 0.3) is 222 Å². The Bertz CT molecular complexity index is 9700. The van der Waals surface area contributed by atoms with Crippen LogP contribution in [0.4, 0.5) is 0 Å². The van der Waals surface area contributed by atoms with Crippen molar-refractivity contribution >= 4 is 110 Å². The number of furan rings is 5. The van der Waals surface area contributed by atoms with Gasteiger partial charge in [-0.2, -0.15) is 0 Å². The lowest BCUT2D eigenvalue weighted by Crippen LogP contribution is -2.31. The molecule has 15 heteroatoms. The number of fused-ring (bicyclic) bond motifs is 15. The summed E-state index contributed by atoms with van der Waals surface area (Å²) in [5, 5.41) is 9.00. The molecule has 0 atom stereocenters. The SMILES string of the molecule is Cc1ccc2c(n1)oc1c(-c3cc(-c4ccccc4)c(C)c[n+]3C)c(C)ccc12.Cc1ccc2c(n1)oc1c(-c3cc(-c4ccccc4)cc[n+]3C)c(C)cc(C)c12.Cc1ccc2c(n1)oc1c(-c3cc(-c4ccccc4)cc[n+]3C)c(C)ccc12.[2H]C([2H])([2H])c1c[n+](C)c(-c2c(C)cc(C([2H])([2H])[2H])c3c2oc2ncccc23)cc1-c1ccccc1.[2H]C([2H])([2H])c1cc(C)c(-c2cc(-c3ccccc3)cc[n+]2C)c2oc3ncccc3c12. The number of nitrogens with zero attached hydrogens (tertiary/aromatic N) is 10. The third kappa shape index (κ3) is 17.4. The van der Waals surface area contributed by atoms with Gasteiger partial charge in [0.25, 0.3) is 0 Å². The van der Waals surface area contributed by atoms with Gasteiger partial charge < -0.3 is 22.1 Å². The van der Waals surface area contributed by atoms with E-state index >= 15 is 0 Å². The van der Waals surface area contributed by atoms with E-state index < -0.39 is 20.6 Å². The smallest absolute Gasteiger partial charge is 0.227 e. The van der Waals surface area contributed by atoms with Crippen LogP contribution in [0.3, 0.4) is 0 Å². The summed E-state index contributed by atoms with van der Waals surface area (Å²) in [6.07, 6.45) is 13.3. The molecule has 0 saturated carbocycles. The minimum Gasteiger partial charge on any atom is -0.437 e. The molecule has 0 amide bonds. The molecule has 15 nitrogen and oxygen atoms in total. The van der Waals surface area contributed by atoms with Crippen LogP contribution in [0.15, 0.2) is 369 Å². The molecule has 10 aromatic carbocycles. The standard InChI is InChI=1S/3C26H23N2O.2C25H21N2O/c1-16-13-17(2)24(25-23(16)20-11-8-12-27-26(20)29-25)22-14-21(18(3)15-28(22)4)19-9-6-5-7-10-19;1-16-10-12-20-21-13-11-18(3)27-26(21)29-25(20)24(16)23-14-22(17(2)15-28(23)4)19-8-6-5-7-9-19;1-16-14-17(2)24(25-23(16)21-11-10-18(3)27-26(21)29-25)22-15-20(12-13-28(22)4)19-8-6-5-7-9-19;1-16-14-17(2)23(24-22(16)20-10-7-12-26-25(20)28-24)21-15-19(11-13-27(21)3)18-8-5-4-6-9-18;1-16-9-11-20-21-12-10-17(2)26-25(21)28-24(20)23(16)22-15-19(13-14-27(22)3)18-7-5-4-6-8-18/h3*5-15H,1-4H3;2*4-15H,1-3H3/q5*+1/i1D3,3D3;;;1D3;. The fourth-order valence-electron chi connectivity index (χ4n) is 20.1. The topological polar surface area (TPSA) is 150 Å². The molecule has 0 saturated heterocycles. The summed E-state index contributed by atoms with van der Waals surface area (Å²) < 4.78 is 115. The van der Waals surface area contributed by atoms with Gasteiger partial charge in [0.1, 0.15) is 35.2 Å². The largest absolute Gasteiger partial charge is 0.437 e. The second kappa shape index (κ2) is 38.1. The summed E-state index contributed by atoms with van der Waals surface area (Å²) in [5.41, 5.74) is 38.5. The van der Waals surface area contributed by atoms with Crippen LogP contribution in [0.1, 0.15) is 85.1 Å². The Morgan fingerprint density at radius 2 is 0.510 bits per heavy atom. The zero-order valence-corrected chi connectivity index (χ0v) is 82.4. The van der Waals surface area contributed by atoms with Gasteiger partial charge in [-0.25, -0.2) is 47.8 Å². The average Bonchev–Trinajstić information content (AvgIpc) is 1.56. The lowest BCUT2D eigenvalue weighted by atomic mass is 9.94. The quantitative estimate of drug-likeness (QED) is 0.121. The Balaban J connectivity index is 0.000000111. The van der Waals surface area contributed by atoms with E-state index in [-0.39, 0.29) is 16.7 Å². The minimum atomic E-state index is -2.35. The molecule has 0 N–H and O–H groups in total. The maximum Gasteiger partial charge on any atom is 0.227 e. The highest BCUT2D eigenvalue weighted by atomic mass is 16.4. The molecule has 0 radical (unpaired) electrons. The van der Waals surface area contributed by atoms with Crippen molar-refractivity contribution < 1.29 is 57.3 Å². The molecule has 15 aromatic heterocycles. The summed E-state index contributed by atoms with van der Waals surface area (Å²) in [6.45, 7) is 13.6. The van der Waals surface area contributed by atoms with Crippen molar-refractivity contribution in [1.82, 2.24) is 24.9 Å². The van der Waals surface area contributed by atoms with E-state index in [4.69, 9.17) is 34.4 Å². The Labute approximate surface area is 844 Å². The molecule has 0 bridgehead atoms. The molecule has 0 aliphatic heterocycles. The summed E-state index contributed by atoms with van der Waals surface area (Å²) in [6, 6.07) is 102. The van der Waals surface area contributed by atoms with Gasteiger partial charge in [-0.1, -0.05) is 194 Å². The molecule has 0 aliphatic carbocycles. The number of benzene rings is 10. The van der Waals surface area contributed by atoms with Gasteiger partial charge in [0.15, 0.2) is 58.9 Å². The maximum absolute atomic E-state index is 8.13. The Morgan fingerprint density at radius 1 is 0.217 bits per heavy atom. The number of aryl methyl sites for hydroxylation is 18. The molecule has 0 aliphatic rings. The van der Waals surface area contributed by atoms with Gasteiger partial charge in [-0.3, -0.25) is 0 Å². The molecule has 143 heavy (non-hydrogen) atoms. The van der Waals surface area contributed by atoms with E-state index in [0.29, 0.717) is 83.7 Å². The van der Waals surface area contributed by atoms with Crippen molar-refractivity contribution in [2.45, 2.75) is 89.8 Å². The van der Waals surface area contributed by atoms with E-state index in [1.165, 1.54) is 61.2 Å². The van der Waals surface area contributed by atoms with Crippen LogP contribution in [0, 0.1) is 89.8 Å². The molecule has 15 heterocycles. The summed E-state index contributed by atoms with van der Waals surface area (Å²) >= 11 is 0. The summed E-state index contributed by atoms with van der Waals surface area (Å²) in [5.74, 6) is 0. The zero-order chi connectivity index (χ0) is 106. The summed E-state index contributed by atoms with van der Waals surface area (Å²) in [4.78, 5) is 22.5. The molecule has 698 valence electrons. The van der Waals surface area contributed by atoms with Crippen molar-refractivity contribution in [1.29, 1.82) is 0 Å². The highest BCUT2D eigenvalue weighted by Crippen LogP contribution is 2.46. The van der Waals surface area contributed by atoms with Gasteiger partial charge in [-0.15, -0.1) is 0 Å². The molecule has 0 unspecified atom stereocenters. The third-order valence-electron chi connectivity index (χ3n) is 27.3. The first-order valence-corrected chi connectivity index (χ1v) is 47.8. The predicted octanol–water partition coefficient (Wildman–Crippen LogP) is 29.7. The fraction of sp³-hybridized carbons (Fsp3) is 0.141. The van der Waals surface area contributed by atoms with E-state index in [1.807, 2.05) is 143 Å². The van der Waals surface area contributed by atoms with Crippen LogP contribution < -0.4 is 22.8 Å². The molecular weight excluding hydrogens is 1760 g/mol. The van der Waals surface area contributed by atoms with Crippen molar-refractivity contribution in [3.63, 3.8) is 0 Å². The number of hydrogen-bond acceptors (Lipinski definition) is 10. The molecule has 0 fully saturated rings. The van der Waals surface area contributed by atoms with Gasteiger partial charge in [0.2, 0.25) is 57.0 Å². The van der Waals surface area contributed by atoms with Crippen molar-refractivity contribution in [3.8, 4) is 112 Å². The minimum absolute atomic E-state index is 0.200. The highest BCUT2D eigenvalue weighted by Gasteiger charge is 2.31. The first kappa shape index (κ1) is 81.7. The highest BCUT2D eigenvalue weighted by molar-refractivity contribution is 6.15. The molecule has 0 spiro atoms. The number of hydrogen-bond donors (Lipinski definition) is 0. The lowest BCUT2D eigenvalue weighted by Gasteiger charge is -2.11. The second-order valence-corrected chi connectivity index (χ2v) is 37.2. The monoisotopic (exact) mass is 1880 g/mol. The Morgan fingerprint density at radius 3 is 0.888 bits per heavy atom. The van der Waals surface area contributed by atoms with Crippen LogP contribution in [-0.2, 0) is 35.2 Å². The van der Waals surface area contributed by atoms with Gasteiger partial charge in [0, 0.05) is 155 Å². The lowest BCUT2D eigenvalue weighted by molar-refractivity contribution is -0.660. The zero-order valence-electron chi connectivity index (χ0n) is 91.4. The fourth-order valence-corrected chi connectivity index (χ4v) is 20.1. The molecular formula is C128H111N10O5+5. The average molecular weight is 1880 g/mol. The van der Waals surface area contributed by atoms with Gasteiger partial charge in [-0.05, 0) is 251 Å². The van der Waals surface area contributed by atoms with E-state index in [0.717, 1.165) is 133 Å². The number of pyridine rings is 10. The van der Waals surface area contributed by atoms with Crippen molar-refractivity contribution in [2.24, 2.45) is 35.2 Å². The van der Waals surface area contributed by atoms with Crippen LogP contribution in [0.2, 0.25) is 0 Å². The summed E-state index contributed by atoms with van der Waals surface area (Å²) in [7, 11) is 10.0. The van der Waals surface area contributed by atoms with E-state index in [1.54, 1.807) is 60.5 Å². The van der Waals surface area contributed by atoms with Crippen LogP contribution in [-0.4, -0.2) is 24.9 Å². The third-order valence-corrected chi connectivity index (χ3v) is 27.3. The second-order valence-electron chi connectivity index (χ2n) is 37.2. The number of rotatable bonds is 10. The molecule has 25 aromatic rings. The Kier molecular flexibility index (Phi) is 21.8. The maximum atomic E-state index is 8.13. The first-order chi connectivity index (χ1) is 73.0. The molecule has 25 rings (SSSR count). The van der Waals surface area contributed by atoms with E-state index in [9.17, 15) is 0 Å². The normalized spacial score (nSPS) is 12.6. The first-order valence-electron chi connectivity index (χ1n) is 52.3. The van der Waals surface area contributed by atoms with Crippen molar-refractivity contribution in [3.05, 3.63) is 419 Å². The number of aromatic nitrogens is 10. The van der Waals surface area contributed by atoms with Gasteiger partial charge in [0.05, 0.1) is 27.8 Å². The van der Waals surface area contributed by atoms with Crippen LogP contribution >= 0.6 is 0 Å². The Hall–Kier alpha value is -17.3. The predicted molar refractivity (Wildman–Crippen MR) is 579 cm³/mol. The van der Waals surface area contributed by atoms with Gasteiger partial charge >= 0.3 is 0 Å². The van der Waals surface area contributed by atoms with Crippen LogP contribution in [0.5, 0.6) is 0 Å². The van der Waals surface area contributed by atoms with Crippen molar-refractivity contribution in [2.75, 3.05) is 0 Å².